The number of aliphatic imine (C=N–C) groups is 1. The van der Waals surface area contributed by atoms with Crippen molar-refractivity contribution in [3.8, 4) is 0 Å². The van der Waals surface area contributed by atoms with Crippen LogP contribution < -0.4 is 0 Å². The zero-order chi connectivity index (χ0) is 22.6. The van der Waals surface area contributed by atoms with E-state index in [1.165, 1.54) is 0 Å². The van der Waals surface area contributed by atoms with Gasteiger partial charge < -0.3 is 9.80 Å². The molecule has 2 aliphatic heterocycles. The number of nitrogens with zero attached hydrogens (tertiary/aromatic N) is 3. The maximum atomic E-state index is 13.8. The van der Waals surface area contributed by atoms with Crippen molar-refractivity contribution in [1.82, 2.24) is 9.80 Å². The van der Waals surface area contributed by atoms with Gasteiger partial charge >= 0.3 is 0 Å². The lowest BCUT2D eigenvalue weighted by atomic mass is 9.97. The van der Waals surface area contributed by atoms with E-state index in [1.807, 2.05) is 97.2 Å². The SMILES string of the molecule is O=C1[C@@H]2CC[C@H](/N=C/c3ccccc3)N2C(=O)[C@@H](Cc2ccccc2)N1Cc1ccccc1. The van der Waals surface area contributed by atoms with E-state index in [4.69, 9.17) is 4.99 Å². The molecule has 2 amide bonds. The molecule has 2 heterocycles. The van der Waals surface area contributed by atoms with Gasteiger partial charge in [0.1, 0.15) is 18.2 Å². The minimum absolute atomic E-state index is 0.00732. The zero-order valence-corrected chi connectivity index (χ0v) is 18.5. The van der Waals surface area contributed by atoms with Crippen LogP contribution in [0.3, 0.4) is 0 Å². The second-order valence-electron chi connectivity index (χ2n) is 8.67. The van der Waals surface area contributed by atoms with Crippen molar-refractivity contribution < 1.29 is 9.59 Å². The van der Waals surface area contributed by atoms with E-state index in [0.717, 1.165) is 16.7 Å². The molecule has 166 valence electrons. The molecule has 3 aromatic rings. The molecule has 0 radical (unpaired) electrons. The zero-order valence-electron chi connectivity index (χ0n) is 18.5. The van der Waals surface area contributed by atoms with E-state index in [0.29, 0.717) is 25.8 Å². The highest BCUT2D eigenvalue weighted by Crippen LogP contribution is 2.34. The summed E-state index contributed by atoms with van der Waals surface area (Å²) in [6.45, 7) is 0.436. The number of benzene rings is 3. The molecular weight excluding hydrogens is 410 g/mol. The Morgan fingerprint density at radius 3 is 2.03 bits per heavy atom. The molecule has 3 atom stereocenters. The molecular formula is C28H27N3O2. The molecule has 0 saturated carbocycles. The predicted molar refractivity (Wildman–Crippen MR) is 129 cm³/mol. The Morgan fingerprint density at radius 1 is 0.758 bits per heavy atom. The number of rotatable bonds is 6. The fourth-order valence-corrected chi connectivity index (χ4v) is 4.85. The first-order chi connectivity index (χ1) is 16.2. The van der Waals surface area contributed by atoms with Gasteiger partial charge in [0.2, 0.25) is 11.8 Å². The summed E-state index contributed by atoms with van der Waals surface area (Å²) in [6, 6.07) is 28.7. The highest BCUT2D eigenvalue weighted by molar-refractivity contribution is 5.98. The van der Waals surface area contributed by atoms with E-state index < -0.39 is 12.1 Å². The monoisotopic (exact) mass is 437 g/mol. The summed E-state index contributed by atoms with van der Waals surface area (Å²) >= 11 is 0. The molecule has 3 aromatic carbocycles. The molecule has 0 aliphatic carbocycles. The van der Waals surface area contributed by atoms with E-state index in [-0.39, 0.29) is 18.0 Å². The van der Waals surface area contributed by atoms with Crippen LogP contribution in [0.5, 0.6) is 0 Å². The Bertz CT molecular complexity index is 1130. The van der Waals surface area contributed by atoms with Crippen LogP contribution in [0.2, 0.25) is 0 Å². The van der Waals surface area contributed by atoms with Gasteiger partial charge in [-0.1, -0.05) is 91.0 Å². The molecule has 33 heavy (non-hydrogen) atoms. The largest absolute Gasteiger partial charge is 0.324 e. The summed E-state index contributed by atoms with van der Waals surface area (Å²) in [7, 11) is 0. The van der Waals surface area contributed by atoms with Gasteiger partial charge in [0.25, 0.3) is 0 Å². The highest BCUT2D eigenvalue weighted by atomic mass is 16.2. The summed E-state index contributed by atoms with van der Waals surface area (Å²) in [5, 5.41) is 0. The third-order valence-corrected chi connectivity index (χ3v) is 6.50. The molecule has 0 spiro atoms. The Labute approximate surface area is 194 Å². The number of hydrogen-bond acceptors (Lipinski definition) is 3. The number of carbonyl (C=O) groups excluding carboxylic acids is 2. The van der Waals surface area contributed by atoms with E-state index >= 15 is 0 Å². The van der Waals surface area contributed by atoms with Crippen molar-refractivity contribution in [3.63, 3.8) is 0 Å². The molecule has 2 saturated heterocycles. The van der Waals surface area contributed by atoms with Gasteiger partial charge in [-0.3, -0.25) is 14.6 Å². The summed E-state index contributed by atoms with van der Waals surface area (Å²) in [5.41, 5.74) is 3.06. The molecule has 2 fully saturated rings. The van der Waals surface area contributed by atoms with Gasteiger partial charge in [-0.05, 0) is 29.5 Å². The molecule has 0 N–H and O–H groups in total. The van der Waals surface area contributed by atoms with Crippen molar-refractivity contribution >= 4 is 18.0 Å². The second kappa shape index (κ2) is 9.41. The standard InChI is InChI=1S/C28H27N3O2/c32-27-24-16-17-26(29-19-22-12-6-2-7-13-22)31(24)28(33)25(18-21-10-4-1-5-11-21)30(27)20-23-14-8-3-9-15-23/h1-15,19,24-26H,16-18,20H2/b29-19+/t24-,25+,26+/m0/s1. The van der Waals surface area contributed by atoms with Crippen molar-refractivity contribution in [1.29, 1.82) is 0 Å². The third kappa shape index (κ3) is 4.44. The van der Waals surface area contributed by atoms with Gasteiger partial charge in [0, 0.05) is 19.2 Å². The highest BCUT2D eigenvalue weighted by Gasteiger charge is 2.51. The maximum Gasteiger partial charge on any atom is 0.248 e. The molecule has 5 heteroatoms. The van der Waals surface area contributed by atoms with Crippen molar-refractivity contribution in [2.45, 2.75) is 44.1 Å². The first-order valence-corrected chi connectivity index (χ1v) is 11.5. The van der Waals surface area contributed by atoms with Crippen LogP contribution in [0.1, 0.15) is 29.5 Å². The second-order valence-corrected chi connectivity index (χ2v) is 8.67. The quantitative estimate of drug-likeness (QED) is 0.546. The Morgan fingerprint density at radius 2 is 1.36 bits per heavy atom. The van der Waals surface area contributed by atoms with Gasteiger partial charge in [0.15, 0.2) is 0 Å². The van der Waals surface area contributed by atoms with Crippen LogP contribution in [-0.2, 0) is 22.6 Å². The molecule has 0 aromatic heterocycles. The Hall–Kier alpha value is -3.73. The van der Waals surface area contributed by atoms with Crippen LogP contribution in [0.15, 0.2) is 96.0 Å². The predicted octanol–water partition coefficient (Wildman–Crippen LogP) is 4.08. The summed E-state index contributed by atoms with van der Waals surface area (Å²) in [5.74, 6) is 0.0175. The average Bonchev–Trinajstić information content (AvgIpc) is 3.30. The lowest BCUT2D eigenvalue weighted by molar-refractivity contribution is -0.161. The molecule has 5 nitrogen and oxygen atoms in total. The van der Waals surface area contributed by atoms with Crippen molar-refractivity contribution in [2.24, 2.45) is 4.99 Å². The van der Waals surface area contributed by atoms with E-state index in [1.54, 1.807) is 9.80 Å². The average molecular weight is 438 g/mol. The smallest absolute Gasteiger partial charge is 0.248 e. The van der Waals surface area contributed by atoms with Crippen molar-refractivity contribution in [2.75, 3.05) is 0 Å². The minimum Gasteiger partial charge on any atom is -0.324 e. The maximum absolute atomic E-state index is 13.8. The molecule has 2 aliphatic rings. The normalized spacial score (nSPS) is 22.7. The Kier molecular flexibility index (Phi) is 6.03. The Balaban J connectivity index is 1.44. The minimum atomic E-state index is -0.538. The van der Waals surface area contributed by atoms with Gasteiger partial charge in [0.05, 0.1) is 0 Å². The topological polar surface area (TPSA) is 53.0 Å². The number of fused-ring (bicyclic) bond motifs is 1. The van der Waals surface area contributed by atoms with Crippen molar-refractivity contribution in [3.05, 3.63) is 108 Å². The lowest BCUT2D eigenvalue weighted by Gasteiger charge is -2.43. The van der Waals surface area contributed by atoms with Crippen LogP contribution in [0, 0.1) is 0 Å². The van der Waals surface area contributed by atoms with Crippen LogP contribution in [0.25, 0.3) is 0 Å². The van der Waals surface area contributed by atoms with E-state index in [2.05, 4.69) is 0 Å². The first kappa shape index (κ1) is 21.1. The fraction of sp³-hybridized carbons (Fsp3) is 0.250. The van der Waals surface area contributed by atoms with Gasteiger partial charge in [-0.25, -0.2) is 0 Å². The number of carbonyl (C=O) groups is 2. The lowest BCUT2D eigenvalue weighted by Crippen LogP contribution is -2.64. The number of piperazine rings is 1. The number of amides is 2. The summed E-state index contributed by atoms with van der Waals surface area (Å²) in [6.07, 6.45) is 3.35. The van der Waals surface area contributed by atoms with Crippen LogP contribution in [-0.4, -0.2) is 46.1 Å². The van der Waals surface area contributed by atoms with Gasteiger partial charge in [-0.2, -0.15) is 0 Å². The third-order valence-electron chi connectivity index (χ3n) is 6.50. The van der Waals surface area contributed by atoms with E-state index in [9.17, 15) is 9.59 Å². The first-order valence-electron chi connectivity index (χ1n) is 11.5. The van der Waals surface area contributed by atoms with Crippen LogP contribution in [0.4, 0.5) is 0 Å². The van der Waals surface area contributed by atoms with Crippen LogP contribution >= 0.6 is 0 Å². The summed E-state index contributed by atoms with van der Waals surface area (Å²) in [4.78, 5) is 35.8. The van der Waals surface area contributed by atoms with Gasteiger partial charge in [-0.15, -0.1) is 0 Å². The molecule has 0 bridgehead atoms. The fourth-order valence-electron chi connectivity index (χ4n) is 4.85. The number of hydrogen-bond donors (Lipinski definition) is 0. The summed E-state index contributed by atoms with van der Waals surface area (Å²) < 4.78 is 0. The molecule has 5 rings (SSSR count). The molecule has 0 unspecified atom stereocenters.